The fourth-order valence-corrected chi connectivity index (χ4v) is 5.49. The largest absolute Gasteiger partial charge is 1.00 e. The molecule has 44 heavy (non-hydrogen) atoms. The standard InChI is InChI=1S/C21H17.C17H15.C2H6Si.2ClH.Ti/c1-2-15-11-18-9-5-6-10-20(18)21(12-15)19-13-16-7-3-4-8-17(16)14-19;1-2-13-11-15-9-6-10-16(17(15)12-13)14-7-4-3-5-8-14;1-3-2;;;/h3-14H,2H2,1H3;3-12H,2H2,1H3;1-2H3;2*1H;/q2*-1;;;;+2/p-2. The minimum absolute atomic E-state index is 0. The number of fused-ring (bicyclic) bond motifs is 3. The number of hydrogen-bond donors (Lipinski definition) is 0. The van der Waals surface area contributed by atoms with Gasteiger partial charge in [0.05, 0.1) is 0 Å². The van der Waals surface area contributed by atoms with Gasteiger partial charge in [0.15, 0.2) is 0 Å². The second-order valence-electron chi connectivity index (χ2n) is 11.0. The van der Waals surface area contributed by atoms with Crippen LogP contribution in [0.5, 0.6) is 0 Å². The number of benzene rings is 5. The van der Waals surface area contributed by atoms with Crippen LogP contribution in [0.3, 0.4) is 0 Å². The first-order valence-electron chi connectivity index (χ1n) is 14.9. The average molecular weight is 666 g/mol. The van der Waals surface area contributed by atoms with E-state index in [1.165, 1.54) is 65.7 Å². The fraction of sp³-hybridized carbons (Fsp3) is 0.150. The molecule has 222 valence electrons. The minimum atomic E-state index is 0. The Hall–Kier alpha value is -2.91. The molecule has 0 N–H and O–H groups in total. The van der Waals surface area contributed by atoms with Crippen LogP contribution in [-0.4, -0.2) is 6.19 Å². The van der Waals surface area contributed by atoms with Crippen molar-refractivity contribution in [1.29, 1.82) is 0 Å². The van der Waals surface area contributed by atoms with Crippen LogP contribution in [0.1, 0.15) is 25.0 Å². The third kappa shape index (κ3) is 8.63. The molecule has 0 aliphatic carbocycles. The topological polar surface area (TPSA) is 0 Å². The molecule has 0 atom stereocenters. The van der Waals surface area contributed by atoms with E-state index in [4.69, 9.17) is 0 Å². The molecule has 7 aromatic rings. The Morgan fingerprint density at radius 1 is 0.568 bits per heavy atom. The molecule has 0 nitrogen and oxygen atoms in total. The van der Waals surface area contributed by atoms with Gasteiger partial charge in [0, 0.05) is 0 Å². The first-order chi connectivity index (χ1) is 20.5. The van der Waals surface area contributed by atoms with Gasteiger partial charge < -0.3 is 24.8 Å². The van der Waals surface area contributed by atoms with Crippen molar-refractivity contribution >= 4 is 38.5 Å². The Kier molecular flexibility index (Phi) is 13.7. The van der Waals surface area contributed by atoms with E-state index < -0.39 is 0 Å². The first kappa shape index (κ1) is 35.6. The van der Waals surface area contributed by atoms with E-state index in [0.717, 1.165) is 12.8 Å². The predicted molar refractivity (Wildman–Crippen MR) is 184 cm³/mol. The Morgan fingerprint density at radius 2 is 1.20 bits per heavy atom. The summed E-state index contributed by atoms with van der Waals surface area (Å²) in [5, 5.41) is 8.03. The Morgan fingerprint density at radius 3 is 1.89 bits per heavy atom. The summed E-state index contributed by atoms with van der Waals surface area (Å²) >= 11 is 2.27. The van der Waals surface area contributed by atoms with Crippen molar-refractivity contribution in [2.45, 2.75) is 39.8 Å². The van der Waals surface area contributed by atoms with Crippen molar-refractivity contribution in [1.82, 2.24) is 0 Å². The molecular weight excluding hydrogens is 627 g/mol. The van der Waals surface area contributed by atoms with E-state index in [9.17, 15) is 0 Å². The average Bonchev–Trinajstić information content (AvgIpc) is 3.65. The van der Waals surface area contributed by atoms with Gasteiger partial charge in [-0.25, -0.2) is 0 Å². The fourth-order valence-electron chi connectivity index (χ4n) is 5.49. The summed E-state index contributed by atoms with van der Waals surface area (Å²) in [5.74, 6) is 0. The van der Waals surface area contributed by atoms with Crippen LogP contribution >= 0.6 is 0 Å². The molecule has 0 aliphatic rings. The summed E-state index contributed by atoms with van der Waals surface area (Å²) in [6.45, 7) is 8.96. The van der Waals surface area contributed by atoms with E-state index in [2.05, 4.69) is 180 Å². The Labute approximate surface area is 287 Å². The van der Waals surface area contributed by atoms with E-state index in [1.807, 2.05) is 0 Å². The van der Waals surface area contributed by atoms with Crippen LogP contribution in [-0.2, 0) is 32.0 Å². The summed E-state index contributed by atoms with van der Waals surface area (Å²) in [4.78, 5) is 0. The quantitative estimate of drug-likeness (QED) is 0.172. The molecule has 0 heterocycles. The molecule has 0 aromatic heterocycles. The monoisotopic (exact) mass is 664 g/mol. The van der Waals surface area contributed by atoms with E-state index in [1.54, 1.807) is 0 Å². The van der Waals surface area contributed by atoms with Crippen LogP contribution in [0.4, 0.5) is 0 Å². The summed E-state index contributed by atoms with van der Waals surface area (Å²) in [6, 6.07) is 48.3. The molecule has 0 unspecified atom stereocenters. The van der Waals surface area contributed by atoms with E-state index in [-0.39, 0.29) is 31.0 Å². The number of halogens is 2. The SMILES string of the molecule is CCc1cc(-c2cc3ccccc3[cH-]2)c2ccccc2c1.CCc1cc2c(-c3ccccc3)cccc2[cH-]1.C[Si](C)=[Ti+2].[Cl-].[Cl-]. The molecular formula is C40H38Cl2SiTi-2. The van der Waals surface area contributed by atoms with Gasteiger partial charge in [0.2, 0.25) is 0 Å². The number of aryl methyl sites for hydroxylation is 2. The zero-order valence-electron chi connectivity index (χ0n) is 25.9. The van der Waals surface area contributed by atoms with Gasteiger partial charge >= 0.3 is 38.5 Å². The maximum atomic E-state index is 2.34. The zero-order chi connectivity index (χ0) is 29.5. The first-order valence-corrected chi connectivity index (χ1v) is 19.7. The van der Waals surface area contributed by atoms with Crippen LogP contribution < -0.4 is 24.8 Å². The normalized spacial score (nSPS) is 10.2. The molecule has 0 radical (unpaired) electrons. The third-order valence-electron chi connectivity index (χ3n) is 7.56. The predicted octanol–water partition coefficient (Wildman–Crippen LogP) is 5.52. The van der Waals surface area contributed by atoms with Gasteiger partial charge in [-0.15, -0.1) is 69.1 Å². The van der Waals surface area contributed by atoms with Gasteiger partial charge in [0.1, 0.15) is 0 Å². The van der Waals surface area contributed by atoms with Crippen LogP contribution in [0.25, 0.3) is 54.6 Å². The van der Waals surface area contributed by atoms with E-state index >= 15 is 0 Å². The van der Waals surface area contributed by atoms with Crippen LogP contribution in [0.2, 0.25) is 13.1 Å². The minimum Gasteiger partial charge on any atom is -1.00 e. The van der Waals surface area contributed by atoms with Crippen molar-refractivity contribution in [3.63, 3.8) is 0 Å². The van der Waals surface area contributed by atoms with Gasteiger partial charge in [-0.3, -0.25) is 0 Å². The van der Waals surface area contributed by atoms with Crippen molar-refractivity contribution in [2.24, 2.45) is 0 Å². The van der Waals surface area contributed by atoms with Crippen molar-refractivity contribution < 1.29 is 44.0 Å². The maximum Gasteiger partial charge on any atom is -1.00 e. The Balaban J connectivity index is 0.000000210. The molecule has 7 aromatic carbocycles. The van der Waals surface area contributed by atoms with Gasteiger partial charge in [-0.2, -0.15) is 6.07 Å². The molecule has 4 heteroatoms. The molecule has 7 rings (SSSR count). The molecule has 0 saturated carbocycles. The third-order valence-corrected chi connectivity index (χ3v) is 7.56. The second-order valence-corrected chi connectivity index (χ2v) is 17.7. The molecule has 0 saturated heterocycles. The van der Waals surface area contributed by atoms with Crippen LogP contribution in [0, 0.1) is 0 Å². The smallest absolute Gasteiger partial charge is 1.00 e. The molecule has 0 spiro atoms. The molecule has 0 fully saturated rings. The van der Waals surface area contributed by atoms with Crippen molar-refractivity contribution in [3.8, 4) is 22.3 Å². The summed E-state index contributed by atoms with van der Waals surface area (Å²) in [6.07, 6.45) is 2.29. The summed E-state index contributed by atoms with van der Waals surface area (Å²) in [7, 11) is 0. The van der Waals surface area contributed by atoms with Gasteiger partial charge in [-0.1, -0.05) is 122 Å². The summed E-state index contributed by atoms with van der Waals surface area (Å²) in [5.41, 5.74) is 8.12. The molecule has 0 amide bonds. The molecule has 0 aliphatic heterocycles. The van der Waals surface area contributed by atoms with Gasteiger partial charge in [0.25, 0.3) is 0 Å². The number of rotatable bonds is 4. The molecule has 0 bridgehead atoms. The number of hydrogen-bond acceptors (Lipinski definition) is 0. The maximum absolute atomic E-state index is 2.34. The zero-order valence-corrected chi connectivity index (χ0v) is 29.9. The second kappa shape index (κ2) is 17.0. The Bertz CT molecular complexity index is 1910. The van der Waals surface area contributed by atoms with Crippen LogP contribution in [0.15, 0.2) is 133 Å². The summed E-state index contributed by atoms with van der Waals surface area (Å²) < 4.78 is 0. The van der Waals surface area contributed by atoms with Crippen molar-refractivity contribution in [3.05, 3.63) is 145 Å². The van der Waals surface area contributed by atoms with Crippen molar-refractivity contribution in [2.75, 3.05) is 0 Å². The van der Waals surface area contributed by atoms with Gasteiger partial charge in [-0.05, 0) is 29.2 Å². The van der Waals surface area contributed by atoms with E-state index in [0.29, 0.717) is 0 Å².